The molecule has 0 aliphatic rings. The highest BCUT2D eigenvalue weighted by Crippen LogP contribution is 2.62. The Morgan fingerprint density at radius 1 is 0.914 bits per heavy atom. The minimum Gasteiger partial charge on any atom is -0.488 e. The number of para-hydroxylation sites is 2. The first kappa shape index (κ1) is 27.1. The second-order valence-corrected chi connectivity index (χ2v) is 10.1. The lowest BCUT2D eigenvalue weighted by atomic mass is 10.2. The normalized spacial score (nSPS) is 12.1. The van der Waals surface area contributed by atoms with Crippen molar-refractivity contribution in [1.82, 2.24) is 0 Å². The smallest absolute Gasteiger partial charge is 0.412 e. The number of nitrogens with one attached hydrogen (secondary N) is 1. The van der Waals surface area contributed by atoms with Crippen molar-refractivity contribution in [2.75, 3.05) is 18.5 Å². The fourth-order valence-corrected chi connectivity index (χ4v) is 5.37. The van der Waals surface area contributed by atoms with E-state index in [4.69, 9.17) is 41.7 Å². The zero-order valence-electron chi connectivity index (χ0n) is 19.3. The van der Waals surface area contributed by atoms with Crippen molar-refractivity contribution < 1.29 is 27.9 Å². The summed E-state index contributed by atoms with van der Waals surface area (Å²) >= 11 is 12.1. The van der Waals surface area contributed by atoms with Crippen LogP contribution in [0.25, 0.3) is 0 Å². The van der Waals surface area contributed by atoms with Gasteiger partial charge in [0.25, 0.3) is 0 Å². The molecule has 3 aromatic carbocycles. The maximum absolute atomic E-state index is 13.8. The van der Waals surface area contributed by atoms with Gasteiger partial charge in [-0.3, -0.25) is 9.88 Å². The molecule has 0 spiro atoms. The quantitative estimate of drug-likeness (QED) is 0.249. The Morgan fingerprint density at radius 2 is 1.57 bits per heavy atom. The highest BCUT2D eigenvalue weighted by molar-refractivity contribution is 7.54. The molecule has 3 rings (SSSR count). The minimum absolute atomic E-state index is 0.0870. The summed E-state index contributed by atoms with van der Waals surface area (Å²) in [7, 11) is -3.95. The first-order valence-corrected chi connectivity index (χ1v) is 13.3. The molecule has 0 aliphatic heterocycles. The molecule has 3 aromatic rings. The number of hydrogen-bond acceptors (Lipinski definition) is 6. The molecule has 0 fully saturated rings. The summed E-state index contributed by atoms with van der Waals surface area (Å²) in [5, 5.41) is 3.46. The highest BCUT2D eigenvalue weighted by Gasteiger charge is 2.42. The molecule has 0 aromatic heterocycles. The number of ether oxygens (including phenoxy) is 2. The molecule has 0 aliphatic carbocycles. The van der Waals surface area contributed by atoms with Gasteiger partial charge in [-0.2, -0.15) is 0 Å². The molecule has 0 radical (unpaired) electrons. The topological polar surface area (TPSA) is 83.1 Å². The van der Waals surface area contributed by atoms with E-state index in [0.29, 0.717) is 27.0 Å². The van der Waals surface area contributed by atoms with Crippen LogP contribution in [-0.4, -0.2) is 19.3 Å². The molecule has 35 heavy (non-hydrogen) atoms. The maximum Gasteiger partial charge on any atom is 0.412 e. The largest absolute Gasteiger partial charge is 0.488 e. The van der Waals surface area contributed by atoms with Gasteiger partial charge in [0.15, 0.2) is 0 Å². The van der Waals surface area contributed by atoms with E-state index < -0.39 is 19.5 Å². The molecule has 1 amide bonds. The summed E-state index contributed by atoms with van der Waals surface area (Å²) < 4.78 is 36.5. The van der Waals surface area contributed by atoms with Crippen molar-refractivity contribution in [3.8, 4) is 5.75 Å². The third-order valence-corrected chi connectivity index (χ3v) is 7.64. The Hall–Kier alpha value is -2.54. The zero-order valence-corrected chi connectivity index (χ0v) is 21.7. The van der Waals surface area contributed by atoms with E-state index in [1.165, 1.54) is 0 Å². The maximum atomic E-state index is 13.8. The van der Waals surface area contributed by atoms with Gasteiger partial charge in [-0.15, -0.1) is 0 Å². The number of halogens is 2. The summed E-state index contributed by atoms with van der Waals surface area (Å²) in [4.78, 5) is 12.8. The van der Waals surface area contributed by atoms with E-state index in [1.54, 1.807) is 80.6 Å². The molecule has 1 atom stereocenters. The van der Waals surface area contributed by atoms with Crippen LogP contribution in [-0.2, 0) is 25.0 Å². The predicted octanol–water partition coefficient (Wildman–Crippen LogP) is 8.09. The van der Waals surface area contributed by atoms with Crippen LogP contribution in [0.5, 0.6) is 5.75 Å². The molecular formula is C25H26Cl2NO6P. The van der Waals surface area contributed by atoms with Crippen molar-refractivity contribution >= 4 is 42.6 Å². The van der Waals surface area contributed by atoms with E-state index in [9.17, 15) is 9.36 Å². The lowest BCUT2D eigenvalue weighted by Gasteiger charge is -2.27. The minimum atomic E-state index is -3.95. The van der Waals surface area contributed by atoms with Gasteiger partial charge in [0, 0.05) is 11.3 Å². The second kappa shape index (κ2) is 13.0. The number of benzene rings is 3. The highest BCUT2D eigenvalue weighted by atomic mass is 35.5. The molecule has 1 unspecified atom stereocenters. The summed E-state index contributed by atoms with van der Waals surface area (Å²) in [5.41, 5.74) is 1.62. The Morgan fingerprint density at radius 3 is 2.23 bits per heavy atom. The third kappa shape index (κ3) is 7.47. The zero-order chi connectivity index (χ0) is 25.3. The molecule has 186 valence electrons. The van der Waals surface area contributed by atoms with Crippen molar-refractivity contribution in [3.05, 3.63) is 94.0 Å². The van der Waals surface area contributed by atoms with E-state index in [1.807, 2.05) is 6.07 Å². The van der Waals surface area contributed by atoms with Crippen LogP contribution in [0.3, 0.4) is 0 Å². The van der Waals surface area contributed by atoms with Crippen molar-refractivity contribution in [1.29, 1.82) is 0 Å². The monoisotopic (exact) mass is 537 g/mol. The molecule has 7 nitrogen and oxygen atoms in total. The molecule has 0 saturated carbocycles. The predicted molar refractivity (Wildman–Crippen MR) is 137 cm³/mol. The van der Waals surface area contributed by atoms with Gasteiger partial charge in [0.2, 0.25) is 5.85 Å². The number of rotatable bonds is 11. The standard InChI is InChI=1S/C25H26Cl2NO6P/c1-3-32-35(30,33-4-2)24(34-25(29)28-19-10-6-5-7-11-19)20-12-8-9-13-23(20)31-17-18-14-15-21(26)22(27)16-18/h5-16,24H,3-4,17H2,1-2H3,(H,28,29). The van der Waals surface area contributed by atoms with Gasteiger partial charge in [0.1, 0.15) is 12.4 Å². The Bertz CT molecular complexity index is 1170. The van der Waals surface area contributed by atoms with Crippen molar-refractivity contribution in [2.45, 2.75) is 26.3 Å². The molecule has 10 heteroatoms. The summed E-state index contributed by atoms with van der Waals surface area (Å²) in [6, 6.07) is 20.7. The number of hydrogen-bond donors (Lipinski definition) is 1. The summed E-state index contributed by atoms with van der Waals surface area (Å²) in [6.45, 7) is 3.68. The molecular weight excluding hydrogens is 512 g/mol. The number of anilines is 1. The van der Waals surface area contributed by atoms with E-state index in [2.05, 4.69) is 5.32 Å². The fraction of sp³-hybridized carbons (Fsp3) is 0.240. The van der Waals surface area contributed by atoms with Crippen molar-refractivity contribution in [3.63, 3.8) is 0 Å². The average molecular weight is 538 g/mol. The number of carbonyl (C=O) groups is 1. The van der Waals surface area contributed by atoms with Gasteiger partial charge in [-0.25, -0.2) is 4.79 Å². The average Bonchev–Trinajstić information content (AvgIpc) is 2.84. The number of carbonyl (C=O) groups excluding carboxylic acids is 1. The van der Waals surface area contributed by atoms with Gasteiger partial charge < -0.3 is 18.5 Å². The Labute approximate surface area is 214 Å². The summed E-state index contributed by atoms with van der Waals surface area (Å²) in [5.74, 6) is -1.04. The lowest BCUT2D eigenvalue weighted by molar-refractivity contribution is 0.111. The van der Waals surface area contributed by atoms with E-state index in [-0.39, 0.29) is 19.8 Å². The first-order valence-electron chi connectivity index (χ1n) is 10.9. The van der Waals surface area contributed by atoms with Crippen LogP contribution >= 0.6 is 30.8 Å². The Kier molecular flexibility index (Phi) is 10.0. The van der Waals surface area contributed by atoms with Crippen LogP contribution < -0.4 is 10.1 Å². The van der Waals surface area contributed by atoms with Crippen LogP contribution in [0.15, 0.2) is 72.8 Å². The molecule has 1 N–H and O–H groups in total. The molecule has 0 bridgehead atoms. The van der Waals surface area contributed by atoms with Gasteiger partial charge in [0.05, 0.1) is 23.3 Å². The van der Waals surface area contributed by atoms with Crippen LogP contribution in [0, 0.1) is 0 Å². The van der Waals surface area contributed by atoms with Gasteiger partial charge >= 0.3 is 13.7 Å². The molecule has 0 saturated heterocycles. The lowest BCUT2D eigenvalue weighted by Crippen LogP contribution is -2.20. The van der Waals surface area contributed by atoms with Crippen molar-refractivity contribution in [2.24, 2.45) is 0 Å². The third-order valence-electron chi connectivity index (χ3n) is 4.71. The van der Waals surface area contributed by atoms with Crippen LogP contribution in [0.1, 0.15) is 30.8 Å². The molecule has 0 heterocycles. The van der Waals surface area contributed by atoms with E-state index in [0.717, 1.165) is 5.56 Å². The Balaban J connectivity index is 1.92. The number of amides is 1. The second-order valence-electron chi connectivity index (χ2n) is 7.20. The van der Waals surface area contributed by atoms with E-state index >= 15 is 0 Å². The fourth-order valence-electron chi connectivity index (χ4n) is 3.21. The summed E-state index contributed by atoms with van der Waals surface area (Å²) in [6.07, 6.45) is -0.819. The van der Waals surface area contributed by atoms with Crippen LogP contribution in [0.2, 0.25) is 10.0 Å². The SMILES string of the molecule is CCOP(=O)(OCC)C(OC(=O)Nc1ccccc1)c1ccccc1OCc1ccc(Cl)c(Cl)c1. The first-order chi connectivity index (χ1) is 16.9. The van der Waals surface area contributed by atoms with Gasteiger partial charge in [-0.05, 0) is 49.7 Å². The van der Waals surface area contributed by atoms with Gasteiger partial charge in [-0.1, -0.05) is 65.7 Å². The van der Waals surface area contributed by atoms with Crippen LogP contribution in [0.4, 0.5) is 10.5 Å².